The molecule has 0 spiro atoms. The number of aromatic nitrogens is 5. The van der Waals surface area contributed by atoms with E-state index in [1.54, 1.807) is 13.4 Å². The molecule has 28 heavy (non-hydrogen) atoms. The van der Waals surface area contributed by atoms with Crippen molar-refractivity contribution < 1.29 is 4.79 Å². The largest absolute Gasteiger partial charge is 0.357 e. The molecule has 2 N–H and O–H groups in total. The van der Waals surface area contributed by atoms with Crippen molar-refractivity contribution in [2.75, 3.05) is 36.9 Å². The average Bonchev–Trinajstić information content (AvgIpc) is 3.43. The topological polar surface area (TPSA) is 103 Å². The Hall–Kier alpha value is -3.23. The van der Waals surface area contributed by atoms with E-state index in [-0.39, 0.29) is 5.91 Å². The van der Waals surface area contributed by atoms with Crippen molar-refractivity contribution in [1.82, 2.24) is 29.8 Å². The monoisotopic (exact) mass is 378 g/mol. The number of hydrogen-bond donors (Lipinski definition) is 2. The number of carbonyl (C=O) groups is 1. The van der Waals surface area contributed by atoms with Crippen LogP contribution in [0.2, 0.25) is 0 Å². The first-order chi connectivity index (χ1) is 13.7. The predicted molar refractivity (Wildman–Crippen MR) is 105 cm³/mol. The second-order valence-corrected chi connectivity index (χ2v) is 7.18. The molecule has 1 amide bonds. The highest BCUT2D eigenvalue weighted by atomic mass is 16.2. The SMILES string of the molecule is CNc1nc2c(c(C(=O)N3CCCC3)n1)CN(c1ncnc3cc[nH]c13)CC2. The number of amides is 1. The summed E-state index contributed by atoms with van der Waals surface area (Å²) in [5, 5.41) is 2.99. The lowest BCUT2D eigenvalue weighted by Crippen LogP contribution is -2.36. The highest BCUT2D eigenvalue weighted by Gasteiger charge is 2.30. The van der Waals surface area contributed by atoms with Crippen LogP contribution in [-0.2, 0) is 13.0 Å². The van der Waals surface area contributed by atoms with Gasteiger partial charge in [0.05, 0.1) is 11.2 Å². The average molecular weight is 378 g/mol. The van der Waals surface area contributed by atoms with Crippen molar-refractivity contribution in [2.45, 2.75) is 25.8 Å². The molecule has 2 aliphatic heterocycles. The zero-order chi connectivity index (χ0) is 19.1. The molecule has 0 unspecified atom stereocenters. The minimum atomic E-state index is 0.00204. The van der Waals surface area contributed by atoms with E-state index in [1.165, 1.54) is 0 Å². The van der Waals surface area contributed by atoms with Gasteiger partial charge in [-0.1, -0.05) is 0 Å². The van der Waals surface area contributed by atoms with Gasteiger partial charge in [-0.05, 0) is 18.9 Å². The quantitative estimate of drug-likeness (QED) is 0.713. The molecule has 5 rings (SSSR count). The Balaban J connectivity index is 1.55. The second-order valence-electron chi connectivity index (χ2n) is 7.18. The Morgan fingerprint density at radius 2 is 2.04 bits per heavy atom. The molecule has 2 aliphatic rings. The lowest BCUT2D eigenvalue weighted by Gasteiger charge is -2.31. The van der Waals surface area contributed by atoms with Crippen molar-refractivity contribution in [1.29, 1.82) is 0 Å². The molecular weight excluding hydrogens is 356 g/mol. The number of likely N-dealkylation sites (tertiary alicyclic amines) is 1. The van der Waals surface area contributed by atoms with E-state index in [1.807, 2.05) is 17.2 Å². The third kappa shape index (κ3) is 2.74. The molecule has 1 fully saturated rings. The summed E-state index contributed by atoms with van der Waals surface area (Å²) in [7, 11) is 1.78. The van der Waals surface area contributed by atoms with E-state index >= 15 is 0 Å². The van der Waals surface area contributed by atoms with Crippen molar-refractivity contribution in [2.24, 2.45) is 0 Å². The minimum absolute atomic E-state index is 0.00204. The van der Waals surface area contributed by atoms with Gasteiger partial charge in [0.2, 0.25) is 5.95 Å². The molecular formula is C19H22N8O. The molecule has 0 aromatic carbocycles. The lowest BCUT2D eigenvalue weighted by molar-refractivity contribution is 0.0785. The van der Waals surface area contributed by atoms with Gasteiger partial charge in [-0.15, -0.1) is 0 Å². The Kier molecular flexibility index (Phi) is 4.07. The van der Waals surface area contributed by atoms with E-state index < -0.39 is 0 Å². The van der Waals surface area contributed by atoms with Gasteiger partial charge in [0, 0.05) is 51.4 Å². The van der Waals surface area contributed by atoms with Crippen molar-refractivity contribution in [3.63, 3.8) is 0 Å². The molecule has 0 aliphatic carbocycles. The molecule has 0 atom stereocenters. The number of anilines is 2. The zero-order valence-corrected chi connectivity index (χ0v) is 15.8. The summed E-state index contributed by atoms with van der Waals surface area (Å²) in [4.78, 5) is 38.4. The Morgan fingerprint density at radius 1 is 1.18 bits per heavy atom. The van der Waals surface area contributed by atoms with E-state index in [0.717, 1.165) is 67.0 Å². The smallest absolute Gasteiger partial charge is 0.273 e. The second kappa shape index (κ2) is 6.74. The molecule has 144 valence electrons. The van der Waals surface area contributed by atoms with Crippen LogP contribution in [0.15, 0.2) is 18.6 Å². The lowest BCUT2D eigenvalue weighted by atomic mass is 10.0. The van der Waals surface area contributed by atoms with E-state index in [9.17, 15) is 4.79 Å². The third-order valence-corrected chi connectivity index (χ3v) is 5.50. The van der Waals surface area contributed by atoms with Gasteiger partial charge in [0.1, 0.15) is 17.5 Å². The van der Waals surface area contributed by atoms with E-state index in [4.69, 9.17) is 0 Å². The van der Waals surface area contributed by atoms with Crippen LogP contribution < -0.4 is 10.2 Å². The van der Waals surface area contributed by atoms with Crippen LogP contribution in [-0.4, -0.2) is 62.4 Å². The Bertz CT molecular complexity index is 1040. The van der Waals surface area contributed by atoms with Gasteiger partial charge in [0.25, 0.3) is 5.91 Å². The Labute approximate surface area is 162 Å². The molecule has 9 nitrogen and oxygen atoms in total. The fourth-order valence-electron chi connectivity index (χ4n) is 4.05. The molecule has 5 heterocycles. The fourth-order valence-corrected chi connectivity index (χ4v) is 4.05. The number of aromatic amines is 1. The number of rotatable bonds is 3. The zero-order valence-electron chi connectivity index (χ0n) is 15.8. The molecule has 0 saturated carbocycles. The number of carbonyl (C=O) groups excluding carboxylic acids is 1. The maximum atomic E-state index is 13.2. The van der Waals surface area contributed by atoms with Crippen LogP contribution in [0, 0.1) is 0 Å². The highest BCUT2D eigenvalue weighted by Crippen LogP contribution is 2.29. The van der Waals surface area contributed by atoms with Gasteiger partial charge in [-0.2, -0.15) is 0 Å². The summed E-state index contributed by atoms with van der Waals surface area (Å²) in [5.74, 6) is 1.35. The van der Waals surface area contributed by atoms with Gasteiger partial charge >= 0.3 is 0 Å². The van der Waals surface area contributed by atoms with E-state index in [2.05, 4.69) is 35.1 Å². The maximum absolute atomic E-state index is 13.2. The van der Waals surface area contributed by atoms with Gasteiger partial charge < -0.3 is 20.1 Å². The first-order valence-electron chi connectivity index (χ1n) is 9.64. The van der Waals surface area contributed by atoms with Gasteiger partial charge in [0.15, 0.2) is 5.82 Å². The van der Waals surface area contributed by atoms with Gasteiger partial charge in [-0.25, -0.2) is 19.9 Å². The third-order valence-electron chi connectivity index (χ3n) is 5.50. The standard InChI is InChI=1S/C19H22N8O/c1-20-19-24-13-5-9-27(17-16-14(4-6-21-16)22-11-23-17)10-12(13)15(25-19)18(28)26-7-2-3-8-26/h4,6,11,21H,2-3,5,7-10H2,1H3,(H,20,24,25). The number of nitrogens with zero attached hydrogens (tertiary/aromatic N) is 6. The first kappa shape index (κ1) is 16.9. The van der Waals surface area contributed by atoms with Crippen LogP contribution in [0.25, 0.3) is 11.0 Å². The summed E-state index contributed by atoms with van der Waals surface area (Å²) >= 11 is 0. The maximum Gasteiger partial charge on any atom is 0.273 e. The summed E-state index contributed by atoms with van der Waals surface area (Å²) in [5.41, 5.74) is 4.14. The number of fused-ring (bicyclic) bond motifs is 2. The van der Waals surface area contributed by atoms with Gasteiger partial charge in [-0.3, -0.25) is 4.79 Å². The van der Waals surface area contributed by atoms with Crippen molar-refractivity contribution >= 4 is 28.7 Å². The number of nitrogens with one attached hydrogen (secondary N) is 2. The minimum Gasteiger partial charge on any atom is -0.357 e. The first-order valence-corrected chi connectivity index (χ1v) is 9.64. The summed E-state index contributed by atoms with van der Waals surface area (Å²) in [6.07, 6.45) is 6.29. The van der Waals surface area contributed by atoms with Crippen LogP contribution in [0.1, 0.15) is 34.6 Å². The Morgan fingerprint density at radius 3 is 2.86 bits per heavy atom. The highest BCUT2D eigenvalue weighted by molar-refractivity contribution is 5.95. The molecule has 1 saturated heterocycles. The summed E-state index contributed by atoms with van der Waals surface area (Å²) in [6, 6.07) is 1.93. The summed E-state index contributed by atoms with van der Waals surface area (Å²) in [6.45, 7) is 2.92. The molecule has 9 heteroatoms. The fraction of sp³-hybridized carbons (Fsp3) is 0.421. The molecule has 3 aromatic rings. The molecule has 3 aromatic heterocycles. The molecule has 0 bridgehead atoms. The predicted octanol–water partition coefficient (Wildman–Crippen LogP) is 1.59. The number of hydrogen-bond acceptors (Lipinski definition) is 7. The van der Waals surface area contributed by atoms with Crippen LogP contribution in [0.4, 0.5) is 11.8 Å². The van der Waals surface area contributed by atoms with Crippen LogP contribution in [0.3, 0.4) is 0 Å². The molecule has 0 radical (unpaired) electrons. The van der Waals surface area contributed by atoms with Crippen molar-refractivity contribution in [3.05, 3.63) is 35.5 Å². The normalized spacial score (nSPS) is 16.5. The van der Waals surface area contributed by atoms with Crippen LogP contribution in [0.5, 0.6) is 0 Å². The van der Waals surface area contributed by atoms with Crippen molar-refractivity contribution in [3.8, 4) is 0 Å². The summed E-state index contributed by atoms with van der Waals surface area (Å²) < 4.78 is 0. The van der Waals surface area contributed by atoms with Crippen LogP contribution >= 0.6 is 0 Å². The van der Waals surface area contributed by atoms with E-state index in [0.29, 0.717) is 18.2 Å². The number of H-pyrrole nitrogens is 1.